The fraction of sp³-hybridized carbons (Fsp3) is 0.333. The second kappa shape index (κ2) is 10.3. The first-order valence-corrected chi connectivity index (χ1v) is 13.3. The smallest absolute Gasteiger partial charge is 0.267 e. The largest absolute Gasteiger partial charge is 0.497 e. The molecule has 1 amide bonds. The number of nitrogens with zero attached hydrogens (tertiary/aromatic N) is 4. The van der Waals surface area contributed by atoms with E-state index < -0.39 is 0 Å². The Labute approximate surface area is 224 Å². The molecule has 0 aliphatic carbocycles. The van der Waals surface area contributed by atoms with E-state index in [2.05, 4.69) is 4.90 Å². The molecule has 0 spiro atoms. The number of morpholine rings is 1. The van der Waals surface area contributed by atoms with Gasteiger partial charge in [0.2, 0.25) is 0 Å². The monoisotopic (exact) mass is 536 g/mol. The van der Waals surface area contributed by atoms with E-state index in [0.29, 0.717) is 45.9 Å². The van der Waals surface area contributed by atoms with Crippen molar-refractivity contribution in [3.05, 3.63) is 74.5 Å². The van der Waals surface area contributed by atoms with Crippen molar-refractivity contribution in [2.24, 2.45) is 0 Å². The Hall–Kier alpha value is -3.21. The number of aromatic nitrogens is 2. The molecule has 2 fully saturated rings. The Balaban J connectivity index is 1.56. The average molecular weight is 537 g/mol. The number of hydrogen-bond donors (Lipinski definition) is 0. The predicted molar refractivity (Wildman–Crippen MR) is 150 cm³/mol. The van der Waals surface area contributed by atoms with Gasteiger partial charge in [-0.3, -0.25) is 18.9 Å². The van der Waals surface area contributed by atoms with Crippen molar-refractivity contribution < 1.29 is 14.3 Å². The number of anilines is 1. The van der Waals surface area contributed by atoms with Crippen LogP contribution in [0.1, 0.15) is 30.5 Å². The van der Waals surface area contributed by atoms with Crippen molar-refractivity contribution in [3.8, 4) is 5.75 Å². The highest BCUT2D eigenvalue weighted by Gasteiger charge is 2.34. The van der Waals surface area contributed by atoms with Gasteiger partial charge in [0.15, 0.2) is 0 Å². The molecule has 5 rings (SSSR count). The third-order valence-corrected chi connectivity index (χ3v) is 7.81. The van der Waals surface area contributed by atoms with Crippen LogP contribution in [0.3, 0.4) is 0 Å². The van der Waals surface area contributed by atoms with Gasteiger partial charge >= 0.3 is 0 Å². The highest BCUT2D eigenvalue weighted by Crippen LogP contribution is 2.35. The molecule has 2 atom stereocenters. The lowest BCUT2D eigenvalue weighted by Crippen LogP contribution is -2.46. The van der Waals surface area contributed by atoms with Gasteiger partial charge in [0.1, 0.15) is 21.5 Å². The highest BCUT2D eigenvalue weighted by atomic mass is 32.2. The zero-order valence-corrected chi connectivity index (χ0v) is 22.8. The number of thiocarbonyl (C=S) groups is 1. The lowest BCUT2D eigenvalue weighted by molar-refractivity contribution is -0.122. The van der Waals surface area contributed by atoms with Crippen molar-refractivity contribution in [2.45, 2.75) is 39.5 Å². The maximum Gasteiger partial charge on any atom is 0.267 e. The number of fused-ring (bicyclic) bond motifs is 1. The molecule has 2 saturated heterocycles. The predicted octanol–water partition coefficient (Wildman–Crippen LogP) is 4.03. The van der Waals surface area contributed by atoms with Crippen LogP contribution in [-0.2, 0) is 16.1 Å². The Bertz CT molecular complexity index is 1460. The molecule has 2 aromatic heterocycles. The average Bonchev–Trinajstić information content (AvgIpc) is 3.13. The van der Waals surface area contributed by atoms with Crippen LogP contribution in [0.2, 0.25) is 0 Å². The van der Waals surface area contributed by atoms with Crippen LogP contribution in [0.4, 0.5) is 5.82 Å². The van der Waals surface area contributed by atoms with E-state index in [9.17, 15) is 9.59 Å². The van der Waals surface area contributed by atoms with Crippen molar-refractivity contribution in [2.75, 3.05) is 25.1 Å². The summed E-state index contributed by atoms with van der Waals surface area (Å²) < 4.78 is 13.1. The van der Waals surface area contributed by atoms with Crippen LogP contribution in [-0.4, -0.2) is 56.9 Å². The number of hydrogen-bond acceptors (Lipinski definition) is 8. The Kier molecular flexibility index (Phi) is 7.06. The minimum atomic E-state index is -0.228. The van der Waals surface area contributed by atoms with Gasteiger partial charge in [-0.25, -0.2) is 4.98 Å². The molecule has 37 heavy (non-hydrogen) atoms. The highest BCUT2D eigenvalue weighted by molar-refractivity contribution is 8.26. The summed E-state index contributed by atoms with van der Waals surface area (Å²) in [6, 6.07) is 11.3. The van der Waals surface area contributed by atoms with E-state index in [0.717, 1.165) is 16.9 Å². The molecule has 2 aliphatic rings. The molecular weight excluding hydrogens is 508 g/mol. The molecule has 0 N–H and O–H groups in total. The van der Waals surface area contributed by atoms with E-state index in [1.54, 1.807) is 24.3 Å². The molecule has 10 heteroatoms. The lowest BCUT2D eigenvalue weighted by atomic mass is 10.1. The van der Waals surface area contributed by atoms with Gasteiger partial charge in [0.25, 0.3) is 11.5 Å². The topological polar surface area (TPSA) is 76.4 Å². The minimum Gasteiger partial charge on any atom is -0.497 e. The van der Waals surface area contributed by atoms with Crippen LogP contribution < -0.4 is 15.2 Å². The summed E-state index contributed by atoms with van der Waals surface area (Å²) in [5, 5.41) is 0. The van der Waals surface area contributed by atoms with Crippen LogP contribution in [0.5, 0.6) is 5.75 Å². The second-order valence-electron chi connectivity index (χ2n) is 9.32. The normalized spacial score (nSPS) is 21.4. The number of amides is 1. The maximum atomic E-state index is 13.8. The third kappa shape index (κ3) is 5.01. The van der Waals surface area contributed by atoms with E-state index in [1.165, 1.54) is 16.2 Å². The van der Waals surface area contributed by atoms with E-state index in [1.807, 2.05) is 57.2 Å². The van der Waals surface area contributed by atoms with Gasteiger partial charge in [-0.15, -0.1) is 0 Å². The van der Waals surface area contributed by atoms with Gasteiger partial charge in [-0.05, 0) is 56.2 Å². The van der Waals surface area contributed by atoms with Gasteiger partial charge < -0.3 is 14.4 Å². The molecule has 1 aromatic carbocycles. The number of pyridine rings is 1. The molecule has 4 heterocycles. The maximum absolute atomic E-state index is 13.8. The third-order valence-electron chi connectivity index (χ3n) is 6.43. The second-order valence-corrected chi connectivity index (χ2v) is 11.0. The first-order valence-electron chi connectivity index (χ1n) is 12.1. The van der Waals surface area contributed by atoms with Gasteiger partial charge in [0, 0.05) is 19.3 Å². The zero-order chi connectivity index (χ0) is 26.3. The molecule has 3 aromatic rings. The Morgan fingerprint density at radius 3 is 2.54 bits per heavy atom. The van der Waals surface area contributed by atoms with Gasteiger partial charge in [-0.2, -0.15) is 0 Å². The lowest BCUT2D eigenvalue weighted by Gasteiger charge is -2.36. The summed E-state index contributed by atoms with van der Waals surface area (Å²) in [7, 11) is 1.61. The fourth-order valence-corrected chi connectivity index (χ4v) is 5.94. The molecular formula is C27H28N4O4S2. The number of aryl methyl sites for hydroxylation is 1. The summed E-state index contributed by atoms with van der Waals surface area (Å²) >= 11 is 6.75. The van der Waals surface area contributed by atoms with Crippen molar-refractivity contribution in [1.82, 2.24) is 14.3 Å². The van der Waals surface area contributed by atoms with E-state index in [4.69, 9.17) is 26.7 Å². The molecule has 192 valence electrons. The summed E-state index contributed by atoms with van der Waals surface area (Å²) in [5.41, 5.74) is 2.56. The molecule has 0 unspecified atom stereocenters. The Morgan fingerprint density at radius 1 is 1.16 bits per heavy atom. The summed E-state index contributed by atoms with van der Waals surface area (Å²) in [5.74, 6) is 1.07. The van der Waals surface area contributed by atoms with Crippen LogP contribution in [0, 0.1) is 6.92 Å². The van der Waals surface area contributed by atoms with Crippen LogP contribution >= 0.6 is 24.0 Å². The first-order chi connectivity index (χ1) is 17.7. The number of methoxy groups -OCH3 is 1. The fourth-order valence-electron chi connectivity index (χ4n) is 4.70. The molecule has 0 saturated carbocycles. The molecule has 0 radical (unpaired) electrons. The number of rotatable bonds is 5. The van der Waals surface area contributed by atoms with Crippen molar-refractivity contribution >= 4 is 51.7 Å². The van der Waals surface area contributed by atoms with Gasteiger partial charge in [-0.1, -0.05) is 42.2 Å². The number of carbonyl (C=O) groups excluding carboxylic acids is 1. The van der Waals surface area contributed by atoms with E-state index >= 15 is 0 Å². The number of ether oxygens (including phenoxy) is 2. The molecule has 2 aliphatic heterocycles. The summed E-state index contributed by atoms with van der Waals surface area (Å²) in [4.78, 5) is 36.2. The molecule has 0 bridgehead atoms. The minimum absolute atomic E-state index is 0.0172. The number of benzene rings is 1. The molecule has 8 nitrogen and oxygen atoms in total. The van der Waals surface area contributed by atoms with Crippen molar-refractivity contribution in [1.29, 1.82) is 0 Å². The number of thioether (sulfide) groups is 1. The van der Waals surface area contributed by atoms with Gasteiger partial charge in [0.05, 0.1) is 36.3 Å². The standard InChI is InChI=1S/C27H28N4O4S2/c1-16-6-5-11-30-23(16)28-24(29-13-17(2)35-18(3)14-29)21(25(30)32)12-22-26(33)31(27(36)37-22)15-19-7-9-20(34-4)10-8-19/h5-12,17-18H,13-15H2,1-4H3/b22-12-/t17-,18-/m1/s1. The Morgan fingerprint density at radius 2 is 1.86 bits per heavy atom. The van der Waals surface area contributed by atoms with E-state index in [-0.39, 0.29) is 23.7 Å². The van der Waals surface area contributed by atoms with Crippen LogP contribution in [0.25, 0.3) is 11.7 Å². The quantitative estimate of drug-likeness (QED) is 0.358. The number of carbonyl (C=O) groups is 1. The first kappa shape index (κ1) is 25.4. The van der Waals surface area contributed by atoms with Crippen molar-refractivity contribution in [3.63, 3.8) is 0 Å². The zero-order valence-electron chi connectivity index (χ0n) is 21.1. The van der Waals surface area contributed by atoms with Crippen LogP contribution in [0.15, 0.2) is 52.3 Å². The summed E-state index contributed by atoms with van der Waals surface area (Å²) in [6.45, 7) is 7.47. The SMILES string of the molecule is COc1ccc(CN2C(=O)/C(=C/c3c(N4C[C@@H](C)O[C@H](C)C4)nc4c(C)cccn4c3=O)SC2=S)cc1. The summed E-state index contributed by atoms with van der Waals surface area (Å²) in [6.07, 6.45) is 3.32.